The molecule has 2 rings (SSSR count). The van der Waals surface area contributed by atoms with Crippen LogP contribution in [-0.4, -0.2) is 20.3 Å². The lowest BCUT2D eigenvalue weighted by Crippen LogP contribution is -2.20. The highest BCUT2D eigenvalue weighted by Crippen LogP contribution is 2.29. The van der Waals surface area contributed by atoms with E-state index >= 15 is 0 Å². The van der Waals surface area contributed by atoms with Crippen LogP contribution >= 0.6 is 0 Å². The van der Waals surface area contributed by atoms with E-state index in [-0.39, 0.29) is 5.69 Å². The van der Waals surface area contributed by atoms with Gasteiger partial charge in [0.1, 0.15) is 23.1 Å². The second-order valence-corrected chi connectivity index (χ2v) is 4.27. The van der Waals surface area contributed by atoms with Crippen LogP contribution in [0.5, 0.6) is 11.5 Å². The minimum absolute atomic E-state index is 0.133. The molecule has 0 fully saturated rings. The van der Waals surface area contributed by atoms with Gasteiger partial charge in [0.25, 0.3) is 0 Å². The molecule has 0 unspecified atom stereocenters. The van der Waals surface area contributed by atoms with Gasteiger partial charge in [-0.25, -0.2) is 13.6 Å². The summed E-state index contributed by atoms with van der Waals surface area (Å²) >= 11 is 0. The third-order valence-electron chi connectivity index (χ3n) is 2.84. The molecule has 2 N–H and O–H groups in total. The van der Waals surface area contributed by atoms with E-state index < -0.39 is 17.7 Å². The number of hydrogen-bond donors (Lipinski definition) is 2. The maximum absolute atomic E-state index is 13.5. The first-order valence-electron chi connectivity index (χ1n) is 6.28. The van der Waals surface area contributed by atoms with Gasteiger partial charge in [-0.05, 0) is 24.3 Å². The zero-order valence-corrected chi connectivity index (χ0v) is 11.9. The second-order valence-electron chi connectivity index (χ2n) is 4.27. The fraction of sp³-hybridized carbons (Fsp3) is 0.133. The Hall–Kier alpha value is -2.83. The summed E-state index contributed by atoms with van der Waals surface area (Å²) in [7, 11) is 2.95. The average Bonchev–Trinajstić information content (AvgIpc) is 2.50. The summed E-state index contributed by atoms with van der Waals surface area (Å²) in [6, 6.07) is 6.99. The number of ether oxygens (including phenoxy) is 2. The number of amides is 2. The van der Waals surface area contributed by atoms with E-state index in [9.17, 15) is 13.6 Å². The van der Waals surface area contributed by atoms with Gasteiger partial charge in [-0.15, -0.1) is 0 Å². The molecule has 0 aliphatic rings. The molecule has 2 amide bonds. The molecule has 0 spiro atoms. The highest BCUT2D eigenvalue weighted by atomic mass is 19.1. The molecular formula is C15H14F2N2O3. The first kappa shape index (κ1) is 15.6. The Balaban J connectivity index is 2.12. The zero-order chi connectivity index (χ0) is 16.1. The van der Waals surface area contributed by atoms with Crippen molar-refractivity contribution in [3.63, 3.8) is 0 Å². The van der Waals surface area contributed by atoms with Gasteiger partial charge >= 0.3 is 6.03 Å². The first-order valence-corrected chi connectivity index (χ1v) is 6.28. The second kappa shape index (κ2) is 6.75. The molecule has 0 bridgehead atoms. The number of urea groups is 1. The van der Waals surface area contributed by atoms with Crippen LogP contribution in [0.15, 0.2) is 36.4 Å². The fourth-order valence-electron chi connectivity index (χ4n) is 1.77. The Morgan fingerprint density at radius 2 is 1.64 bits per heavy atom. The van der Waals surface area contributed by atoms with Crippen molar-refractivity contribution >= 4 is 17.4 Å². The quantitative estimate of drug-likeness (QED) is 0.907. The van der Waals surface area contributed by atoms with Gasteiger partial charge in [0, 0.05) is 12.1 Å². The van der Waals surface area contributed by atoms with Crippen molar-refractivity contribution in [1.29, 1.82) is 0 Å². The van der Waals surface area contributed by atoms with Crippen molar-refractivity contribution in [2.45, 2.75) is 0 Å². The molecule has 116 valence electrons. The first-order chi connectivity index (χ1) is 10.5. The van der Waals surface area contributed by atoms with Gasteiger partial charge in [-0.2, -0.15) is 0 Å². The summed E-state index contributed by atoms with van der Waals surface area (Å²) in [5.41, 5.74) is 0.245. The van der Waals surface area contributed by atoms with E-state index in [4.69, 9.17) is 9.47 Å². The Morgan fingerprint density at radius 3 is 2.27 bits per heavy atom. The van der Waals surface area contributed by atoms with E-state index in [1.165, 1.54) is 14.2 Å². The van der Waals surface area contributed by atoms with Gasteiger partial charge in [-0.1, -0.05) is 0 Å². The monoisotopic (exact) mass is 308 g/mol. The van der Waals surface area contributed by atoms with E-state index in [0.29, 0.717) is 23.3 Å². The lowest BCUT2D eigenvalue weighted by atomic mass is 10.2. The molecule has 0 aliphatic heterocycles. The summed E-state index contributed by atoms with van der Waals surface area (Å²) in [5, 5.41) is 4.80. The van der Waals surface area contributed by atoms with E-state index in [0.717, 1.165) is 12.1 Å². The molecular weight excluding hydrogens is 294 g/mol. The van der Waals surface area contributed by atoms with E-state index in [1.54, 1.807) is 18.2 Å². The highest BCUT2D eigenvalue weighted by Gasteiger charge is 2.11. The van der Waals surface area contributed by atoms with Gasteiger partial charge < -0.3 is 20.1 Å². The van der Waals surface area contributed by atoms with Crippen LogP contribution in [0.1, 0.15) is 0 Å². The molecule has 22 heavy (non-hydrogen) atoms. The van der Waals surface area contributed by atoms with Crippen LogP contribution in [0.4, 0.5) is 25.0 Å². The van der Waals surface area contributed by atoms with Crippen molar-refractivity contribution in [3.05, 3.63) is 48.0 Å². The van der Waals surface area contributed by atoms with Crippen LogP contribution in [0, 0.1) is 11.6 Å². The summed E-state index contributed by atoms with van der Waals surface area (Å²) in [5.74, 6) is -0.640. The van der Waals surface area contributed by atoms with E-state index in [2.05, 4.69) is 10.6 Å². The number of rotatable bonds is 4. The molecule has 0 saturated carbocycles. The molecule has 7 heteroatoms. The highest BCUT2D eigenvalue weighted by molar-refractivity contribution is 6.00. The molecule has 0 heterocycles. The largest absolute Gasteiger partial charge is 0.497 e. The van der Waals surface area contributed by atoms with Crippen molar-refractivity contribution in [3.8, 4) is 11.5 Å². The minimum atomic E-state index is -0.864. The lowest BCUT2D eigenvalue weighted by molar-refractivity contribution is 0.262. The number of anilines is 2. The van der Waals surface area contributed by atoms with Gasteiger partial charge in [0.2, 0.25) is 0 Å². The standard InChI is InChI=1S/C15H14F2N2O3/c1-21-10-4-6-13(14(8-10)22-2)19-15(20)18-12-5-3-9(16)7-11(12)17/h3-8H,1-2H3,(H2,18,19,20). The third-order valence-corrected chi connectivity index (χ3v) is 2.84. The normalized spacial score (nSPS) is 10.0. The average molecular weight is 308 g/mol. The van der Waals surface area contributed by atoms with Crippen LogP contribution in [0.25, 0.3) is 0 Å². The van der Waals surface area contributed by atoms with Gasteiger partial charge in [-0.3, -0.25) is 0 Å². The Morgan fingerprint density at radius 1 is 0.955 bits per heavy atom. The summed E-state index contributed by atoms with van der Waals surface area (Å²) in [6.07, 6.45) is 0. The number of nitrogens with one attached hydrogen (secondary N) is 2. The Labute approximate surface area is 125 Å². The zero-order valence-electron chi connectivity index (χ0n) is 11.9. The van der Waals surface area contributed by atoms with Crippen molar-refractivity contribution in [2.24, 2.45) is 0 Å². The van der Waals surface area contributed by atoms with Crippen molar-refractivity contribution in [2.75, 3.05) is 24.9 Å². The minimum Gasteiger partial charge on any atom is -0.497 e. The molecule has 2 aromatic rings. The molecule has 0 radical (unpaired) electrons. The summed E-state index contributed by atoms with van der Waals surface area (Å²) in [4.78, 5) is 11.9. The SMILES string of the molecule is COc1ccc(NC(=O)Nc2ccc(F)cc2F)c(OC)c1. The number of benzene rings is 2. The maximum atomic E-state index is 13.5. The van der Waals surface area contributed by atoms with Crippen LogP contribution < -0.4 is 20.1 Å². The van der Waals surface area contributed by atoms with Crippen molar-refractivity contribution < 1.29 is 23.0 Å². The Kier molecular flexibility index (Phi) is 4.77. The van der Waals surface area contributed by atoms with Gasteiger partial charge in [0.05, 0.1) is 25.6 Å². The maximum Gasteiger partial charge on any atom is 0.323 e. The predicted octanol–water partition coefficient (Wildman–Crippen LogP) is 3.63. The number of carbonyl (C=O) groups excluding carboxylic acids is 1. The topological polar surface area (TPSA) is 59.6 Å². The van der Waals surface area contributed by atoms with Crippen molar-refractivity contribution in [1.82, 2.24) is 0 Å². The number of carbonyl (C=O) groups is 1. The number of methoxy groups -OCH3 is 2. The van der Waals surface area contributed by atoms with Crippen LogP contribution in [-0.2, 0) is 0 Å². The third kappa shape index (κ3) is 3.63. The van der Waals surface area contributed by atoms with Crippen LogP contribution in [0.2, 0.25) is 0 Å². The smallest absolute Gasteiger partial charge is 0.323 e. The number of hydrogen-bond acceptors (Lipinski definition) is 3. The molecule has 2 aromatic carbocycles. The van der Waals surface area contributed by atoms with Gasteiger partial charge in [0.15, 0.2) is 0 Å². The lowest BCUT2D eigenvalue weighted by Gasteiger charge is -2.12. The summed E-state index contributed by atoms with van der Waals surface area (Å²) in [6.45, 7) is 0. The summed E-state index contributed by atoms with van der Waals surface area (Å²) < 4.78 is 36.5. The predicted molar refractivity (Wildman–Crippen MR) is 78.5 cm³/mol. The van der Waals surface area contributed by atoms with E-state index in [1.807, 2.05) is 0 Å². The molecule has 0 aromatic heterocycles. The Bertz CT molecular complexity index is 692. The molecule has 0 aliphatic carbocycles. The number of halogens is 2. The van der Waals surface area contributed by atoms with Crippen LogP contribution in [0.3, 0.4) is 0 Å². The molecule has 0 saturated heterocycles. The fourth-order valence-corrected chi connectivity index (χ4v) is 1.77. The molecule has 0 atom stereocenters. The molecule has 5 nitrogen and oxygen atoms in total.